The molecule has 0 aliphatic carbocycles. The number of amidine groups is 1. The molecule has 4 heteroatoms. The predicted octanol–water partition coefficient (Wildman–Crippen LogP) is 3.02. The van der Waals surface area contributed by atoms with Gasteiger partial charge in [-0.2, -0.15) is 0 Å². The van der Waals surface area contributed by atoms with Crippen molar-refractivity contribution < 1.29 is 10.2 Å². The molecule has 0 fully saturated rings. The largest absolute Gasteiger partial charge is 0.514 e. The molecule has 20 heavy (non-hydrogen) atoms. The summed E-state index contributed by atoms with van der Waals surface area (Å²) in [6, 6.07) is 14.7. The molecule has 1 aliphatic rings. The van der Waals surface area contributed by atoms with E-state index < -0.39 is 0 Å². The van der Waals surface area contributed by atoms with Gasteiger partial charge in [-0.15, -0.1) is 0 Å². The summed E-state index contributed by atoms with van der Waals surface area (Å²) in [4.78, 5) is 4.56. The Morgan fingerprint density at radius 3 is 2.60 bits per heavy atom. The maximum Gasteiger partial charge on any atom is 0.141 e. The number of phenols is 1. The number of rotatable bonds is 1. The molecule has 2 aromatic rings. The molecule has 4 nitrogen and oxygen atoms in total. The summed E-state index contributed by atoms with van der Waals surface area (Å²) < 4.78 is 0. The molecular weight excluding hydrogens is 252 g/mol. The van der Waals surface area contributed by atoms with Crippen molar-refractivity contribution in [3.8, 4) is 5.75 Å². The van der Waals surface area contributed by atoms with Gasteiger partial charge in [0.1, 0.15) is 11.6 Å². The number of phenolic OH excluding ortho intramolecular Hbond substituents is 1. The van der Waals surface area contributed by atoms with E-state index in [9.17, 15) is 10.2 Å². The van der Waals surface area contributed by atoms with Crippen LogP contribution in [-0.2, 0) is 6.42 Å². The number of para-hydroxylation sites is 2. The lowest BCUT2D eigenvalue weighted by Gasteiger charge is -2.10. The Balaban J connectivity index is 2.15. The number of aliphatic hydroxyl groups excluding tert-OH is 1. The molecule has 0 radical (unpaired) electrons. The molecule has 0 unspecified atom stereocenters. The van der Waals surface area contributed by atoms with Gasteiger partial charge in [0.15, 0.2) is 0 Å². The van der Waals surface area contributed by atoms with Crippen LogP contribution < -0.4 is 5.32 Å². The van der Waals surface area contributed by atoms with Crippen LogP contribution in [0.25, 0.3) is 0 Å². The highest BCUT2D eigenvalue weighted by Gasteiger charge is 2.16. The van der Waals surface area contributed by atoms with Gasteiger partial charge in [-0.05, 0) is 23.8 Å². The summed E-state index contributed by atoms with van der Waals surface area (Å²) in [6.07, 6.45) is 1.60. The number of aromatic hydroxyl groups is 1. The summed E-state index contributed by atoms with van der Waals surface area (Å²) in [5.74, 6) is 0.670. The second-order valence-corrected chi connectivity index (χ2v) is 4.56. The first-order chi connectivity index (χ1) is 9.78. The van der Waals surface area contributed by atoms with E-state index in [4.69, 9.17) is 0 Å². The van der Waals surface area contributed by atoms with Gasteiger partial charge in [0.05, 0.1) is 23.2 Å². The molecule has 3 rings (SSSR count). The Bertz CT molecular complexity index is 705. The number of allylic oxidation sites excluding steroid dienone is 1. The highest BCUT2D eigenvalue weighted by Crippen LogP contribution is 2.27. The van der Waals surface area contributed by atoms with Crippen molar-refractivity contribution in [1.29, 1.82) is 0 Å². The van der Waals surface area contributed by atoms with Crippen LogP contribution in [-0.4, -0.2) is 16.0 Å². The first-order valence-corrected chi connectivity index (χ1v) is 6.33. The van der Waals surface area contributed by atoms with Crippen LogP contribution in [0.4, 0.5) is 5.69 Å². The Hall–Kier alpha value is -2.75. The fourth-order valence-corrected chi connectivity index (χ4v) is 2.20. The Labute approximate surface area is 116 Å². The average Bonchev–Trinajstić information content (AvgIpc) is 2.66. The van der Waals surface area contributed by atoms with E-state index in [0.717, 1.165) is 17.5 Å². The zero-order valence-corrected chi connectivity index (χ0v) is 10.7. The summed E-state index contributed by atoms with van der Waals surface area (Å²) in [7, 11) is 0. The number of benzene rings is 2. The Kier molecular flexibility index (Phi) is 3.13. The van der Waals surface area contributed by atoms with E-state index >= 15 is 0 Å². The zero-order chi connectivity index (χ0) is 13.9. The quantitative estimate of drug-likeness (QED) is 0.695. The van der Waals surface area contributed by atoms with Gasteiger partial charge in [0, 0.05) is 6.42 Å². The number of aliphatic imine (C=N–C) groups is 1. The molecule has 100 valence electrons. The smallest absolute Gasteiger partial charge is 0.141 e. The average molecular weight is 266 g/mol. The third-order valence-electron chi connectivity index (χ3n) is 3.20. The van der Waals surface area contributed by atoms with E-state index in [1.165, 1.54) is 0 Å². The molecular formula is C16H14N2O2. The number of nitrogens with zero attached hydrogens (tertiary/aromatic N) is 1. The van der Waals surface area contributed by atoms with E-state index in [1.54, 1.807) is 18.2 Å². The monoisotopic (exact) mass is 266 g/mol. The Morgan fingerprint density at radius 2 is 1.80 bits per heavy atom. The third-order valence-corrected chi connectivity index (χ3v) is 3.20. The molecule has 0 atom stereocenters. The molecule has 0 saturated heterocycles. The van der Waals surface area contributed by atoms with Crippen molar-refractivity contribution in [3.63, 3.8) is 0 Å². The van der Waals surface area contributed by atoms with Crippen LogP contribution in [0.2, 0.25) is 0 Å². The Morgan fingerprint density at radius 1 is 1.05 bits per heavy atom. The molecule has 0 bridgehead atoms. The van der Waals surface area contributed by atoms with Gasteiger partial charge in [0.25, 0.3) is 0 Å². The normalized spacial score (nSPS) is 16.0. The molecule has 3 N–H and O–H groups in total. The van der Waals surface area contributed by atoms with Gasteiger partial charge in [-0.1, -0.05) is 30.3 Å². The van der Waals surface area contributed by atoms with Gasteiger partial charge < -0.3 is 15.5 Å². The van der Waals surface area contributed by atoms with Crippen molar-refractivity contribution in [3.05, 3.63) is 71.6 Å². The second kappa shape index (κ2) is 5.09. The van der Waals surface area contributed by atoms with E-state index in [2.05, 4.69) is 10.3 Å². The van der Waals surface area contributed by atoms with Crippen LogP contribution in [0.1, 0.15) is 11.1 Å². The molecule has 0 aromatic heterocycles. The van der Waals surface area contributed by atoms with Crippen LogP contribution in [0.3, 0.4) is 0 Å². The van der Waals surface area contributed by atoms with E-state index in [-0.39, 0.29) is 5.75 Å². The standard InChI is InChI=1S/C16H14N2O2/c19-10-12-9-11-5-1-3-7-14(11)18-16(17-12)13-6-2-4-8-15(13)20/h1-8,10,19-20H,9H2,(H,17,18)/b12-10+. The molecule has 1 aliphatic heterocycles. The van der Waals surface area contributed by atoms with Crippen molar-refractivity contribution in [2.45, 2.75) is 6.42 Å². The minimum Gasteiger partial charge on any atom is -0.514 e. The van der Waals surface area contributed by atoms with E-state index in [1.807, 2.05) is 30.3 Å². The van der Waals surface area contributed by atoms with Crippen LogP contribution in [0, 0.1) is 0 Å². The van der Waals surface area contributed by atoms with Crippen molar-refractivity contribution in [2.75, 3.05) is 0 Å². The molecule has 0 saturated carbocycles. The highest BCUT2D eigenvalue weighted by molar-refractivity contribution is 6.04. The lowest BCUT2D eigenvalue weighted by atomic mass is 10.1. The van der Waals surface area contributed by atoms with Crippen LogP contribution in [0.15, 0.2) is 65.5 Å². The summed E-state index contributed by atoms with van der Waals surface area (Å²) >= 11 is 0. The highest BCUT2D eigenvalue weighted by atomic mass is 16.3. The number of aliphatic hydroxyl groups is 1. The first-order valence-electron chi connectivity index (χ1n) is 6.33. The number of nitrogens with one attached hydrogen (secondary N) is 1. The topological polar surface area (TPSA) is 64.9 Å². The summed E-state index contributed by atoms with van der Waals surface area (Å²) in [5.41, 5.74) is 3.08. The first kappa shape index (κ1) is 12.3. The molecule has 2 aromatic carbocycles. The lowest BCUT2D eigenvalue weighted by Crippen LogP contribution is -2.23. The molecule has 0 spiro atoms. The second-order valence-electron chi connectivity index (χ2n) is 4.56. The predicted molar refractivity (Wildman–Crippen MR) is 78.3 cm³/mol. The maximum atomic E-state index is 9.96. The third kappa shape index (κ3) is 2.23. The van der Waals surface area contributed by atoms with Crippen molar-refractivity contribution in [2.24, 2.45) is 4.99 Å². The summed E-state index contributed by atoms with van der Waals surface area (Å²) in [6.45, 7) is 0. The van der Waals surface area contributed by atoms with Gasteiger partial charge in [-0.3, -0.25) is 0 Å². The molecule has 1 heterocycles. The minimum absolute atomic E-state index is 0.149. The van der Waals surface area contributed by atoms with Crippen LogP contribution >= 0.6 is 0 Å². The maximum absolute atomic E-state index is 9.96. The number of fused-ring (bicyclic) bond motifs is 1. The summed E-state index contributed by atoms with van der Waals surface area (Å²) in [5, 5.41) is 22.4. The van der Waals surface area contributed by atoms with Gasteiger partial charge in [-0.25, -0.2) is 4.99 Å². The van der Waals surface area contributed by atoms with Gasteiger partial charge >= 0.3 is 0 Å². The minimum atomic E-state index is 0.149. The molecule has 0 amide bonds. The fraction of sp³-hybridized carbons (Fsp3) is 0.0625. The fourth-order valence-electron chi connectivity index (χ4n) is 2.20. The van der Waals surface area contributed by atoms with Gasteiger partial charge in [0.2, 0.25) is 0 Å². The van der Waals surface area contributed by atoms with Crippen LogP contribution in [0.5, 0.6) is 5.75 Å². The SMILES string of the molecule is O/C=C1\Cc2ccccc2N=C(c2ccccc2O)N1. The van der Waals surface area contributed by atoms with Crippen molar-refractivity contribution in [1.82, 2.24) is 5.32 Å². The zero-order valence-electron chi connectivity index (χ0n) is 10.7. The van der Waals surface area contributed by atoms with E-state index in [0.29, 0.717) is 23.5 Å². The lowest BCUT2D eigenvalue weighted by molar-refractivity contribution is 0.462. The number of hydrogen-bond acceptors (Lipinski definition) is 4. The number of hydrogen-bond donors (Lipinski definition) is 3. The van der Waals surface area contributed by atoms with Crippen molar-refractivity contribution >= 4 is 11.5 Å².